The topological polar surface area (TPSA) is 120 Å². The van der Waals surface area contributed by atoms with Crippen molar-refractivity contribution >= 4 is 43.2 Å². The Balaban J connectivity index is 1.62. The Bertz CT molecular complexity index is 1600. The predicted molar refractivity (Wildman–Crippen MR) is 135 cm³/mol. The van der Waals surface area contributed by atoms with Gasteiger partial charge in [0.15, 0.2) is 5.88 Å². The van der Waals surface area contributed by atoms with Gasteiger partial charge in [0.1, 0.15) is 0 Å². The third-order valence-corrected chi connectivity index (χ3v) is 6.92. The third-order valence-electron chi connectivity index (χ3n) is 5.61. The molecule has 5 aromatic rings. The molecule has 0 atom stereocenters. The lowest BCUT2D eigenvalue weighted by atomic mass is 10.1. The van der Waals surface area contributed by atoms with Crippen LogP contribution in [0.2, 0.25) is 0 Å². The fourth-order valence-corrected chi connectivity index (χ4v) is 4.53. The lowest BCUT2D eigenvalue weighted by Gasteiger charge is -2.12. The third kappa shape index (κ3) is 4.25. The summed E-state index contributed by atoms with van der Waals surface area (Å²) in [5.74, 6) is -0.0689. The number of anilines is 2. The smallest absolute Gasteiger partial charge is 0.232 e. The number of nitrogens with one attached hydrogen (secondary N) is 3. The lowest BCUT2D eigenvalue weighted by Crippen LogP contribution is -2.14. The van der Waals surface area contributed by atoms with Gasteiger partial charge in [0.2, 0.25) is 10.0 Å². The molecule has 0 spiro atoms. The zero-order valence-electron chi connectivity index (χ0n) is 18.4. The zero-order chi connectivity index (χ0) is 23.7. The maximum atomic E-state index is 12.1. The summed E-state index contributed by atoms with van der Waals surface area (Å²) in [6, 6.07) is 18.6. The van der Waals surface area contributed by atoms with E-state index in [0.29, 0.717) is 34.4 Å². The standard InChI is InChI=1S/C25H23N5O3S/c1-2-34(32,33)30-17-9-10-21-19(12-17)24(25(31)29-21)23-13-22(18-7-3-4-8-20(18)28-23)27-15-16-6-5-11-26-14-16/h3-14,29-31H,2,15H2,1H3,(H,27,28). The quantitative estimate of drug-likeness (QED) is 0.268. The molecule has 0 aliphatic heterocycles. The minimum atomic E-state index is -3.43. The van der Waals surface area contributed by atoms with Crippen molar-refractivity contribution in [2.45, 2.75) is 13.5 Å². The summed E-state index contributed by atoms with van der Waals surface area (Å²) in [5, 5.41) is 15.8. The molecule has 172 valence electrons. The Morgan fingerprint density at radius 3 is 2.68 bits per heavy atom. The molecule has 0 saturated heterocycles. The van der Waals surface area contributed by atoms with E-state index in [4.69, 9.17) is 4.98 Å². The lowest BCUT2D eigenvalue weighted by molar-refractivity contribution is 0.460. The van der Waals surface area contributed by atoms with Crippen molar-refractivity contribution in [2.24, 2.45) is 0 Å². The van der Waals surface area contributed by atoms with Gasteiger partial charge in [0.25, 0.3) is 0 Å². The number of benzene rings is 2. The van der Waals surface area contributed by atoms with Crippen molar-refractivity contribution < 1.29 is 13.5 Å². The number of aromatic amines is 1. The Kier molecular flexibility index (Phi) is 5.54. The Hall–Kier alpha value is -4.11. The number of nitrogens with zero attached hydrogens (tertiary/aromatic N) is 2. The van der Waals surface area contributed by atoms with Crippen LogP contribution in [0.3, 0.4) is 0 Å². The van der Waals surface area contributed by atoms with E-state index in [1.54, 1.807) is 31.3 Å². The molecule has 2 aromatic carbocycles. The minimum Gasteiger partial charge on any atom is -0.494 e. The number of sulfonamides is 1. The molecule has 0 aliphatic rings. The number of hydrogen-bond acceptors (Lipinski definition) is 6. The first kappa shape index (κ1) is 21.7. The second kappa shape index (κ2) is 8.68. The minimum absolute atomic E-state index is 0.0333. The van der Waals surface area contributed by atoms with Crippen molar-refractivity contribution in [3.8, 4) is 17.1 Å². The van der Waals surface area contributed by atoms with Crippen LogP contribution in [0.15, 0.2) is 73.1 Å². The fraction of sp³-hybridized carbons (Fsp3) is 0.120. The molecule has 0 saturated carbocycles. The molecule has 0 bridgehead atoms. The number of aromatic hydroxyl groups is 1. The molecule has 8 nitrogen and oxygen atoms in total. The molecule has 3 heterocycles. The molecule has 0 aliphatic carbocycles. The van der Waals surface area contributed by atoms with E-state index in [1.807, 2.05) is 48.7 Å². The van der Waals surface area contributed by atoms with Crippen LogP contribution in [0, 0.1) is 0 Å². The van der Waals surface area contributed by atoms with Crippen LogP contribution >= 0.6 is 0 Å². The number of H-pyrrole nitrogens is 1. The van der Waals surface area contributed by atoms with Gasteiger partial charge in [-0.25, -0.2) is 13.4 Å². The summed E-state index contributed by atoms with van der Waals surface area (Å²) < 4.78 is 26.7. The maximum Gasteiger partial charge on any atom is 0.232 e. The molecule has 0 amide bonds. The van der Waals surface area contributed by atoms with Gasteiger partial charge in [-0.2, -0.15) is 0 Å². The zero-order valence-corrected chi connectivity index (χ0v) is 19.2. The van der Waals surface area contributed by atoms with Crippen LogP contribution < -0.4 is 10.0 Å². The van der Waals surface area contributed by atoms with Gasteiger partial charge in [-0.15, -0.1) is 0 Å². The monoisotopic (exact) mass is 473 g/mol. The average molecular weight is 474 g/mol. The van der Waals surface area contributed by atoms with Crippen LogP contribution in [-0.4, -0.2) is 34.2 Å². The normalized spacial score (nSPS) is 11.7. The Morgan fingerprint density at radius 1 is 1.03 bits per heavy atom. The van der Waals surface area contributed by atoms with Crippen molar-refractivity contribution in [1.29, 1.82) is 0 Å². The van der Waals surface area contributed by atoms with Gasteiger partial charge in [-0.05, 0) is 48.9 Å². The number of hydrogen-bond donors (Lipinski definition) is 4. The van der Waals surface area contributed by atoms with Crippen LogP contribution in [0.4, 0.5) is 11.4 Å². The molecule has 0 radical (unpaired) electrons. The Morgan fingerprint density at radius 2 is 1.88 bits per heavy atom. The molecular formula is C25H23N5O3S. The van der Waals surface area contributed by atoms with Crippen LogP contribution in [-0.2, 0) is 16.6 Å². The fourth-order valence-electron chi connectivity index (χ4n) is 3.90. The molecule has 3 aromatic heterocycles. The average Bonchev–Trinajstić information content (AvgIpc) is 3.17. The molecule has 4 N–H and O–H groups in total. The van der Waals surface area contributed by atoms with E-state index in [1.165, 1.54) is 0 Å². The highest BCUT2D eigenvalue weighted by molar-refractivity contribution is 7.92. The van der Waals surface area contributed by atoms with Crippen LogP contribution in [0.5, 0.6) is 5.88 Å². The first-order valence-electron chi connectivity index (χ1n) is 10.8. The van der Waals surface area contributed by atoms with Gasteiger partial charge in [0.05, 0.1) is 22.5 Å². The van der Waals surface area contributed by atoms with Gasteiger partial charge in [0, 0.05) is 46.6 Å². The Labute approximate surface area is 196 Å². The second-order valence-electron chi connectivity index (χ2n) is 7.90. The van der Waals surface area contributed by atoms with E-state index in [0.717, 1.165) is 22.2 Å². The van der Waals surface area contributed by atoms with Crippen molar-refractivity contribution in [2.75, 3.05) is 15.8 Å². The van der Waals surface area contributed by atoms with Crippen LogP contribution in [0.25, 0.3) is 33.1 Å². The summed E-state index contributed by atoms with van der Waals surface area (Å²) in [6.07, 6.45) is 3.54. The summed E-state index contributed by atoms with van der Waals surface area (Å²) in [7, 11) is -3.43. The molecule has 9 heteroatoms. The van der Waals surface area contributed by atoms with E-state index in [-0.39, 0.29) is 11.6 Å². The predicted octanol–water partition coefficient (Wildman–Crippen LogP) is 4.86. The van der Waals surface area contributed by atoms with Gasteiger partial charge in [-0.3, -0.25) is 9.71 Å². The molecule has 0 unspecified atom stereocenters. The number of pyridine rings is 2. The van der Waals surface area contributed by atoms with Crippen molar-refractivity contribution in [3.63, 3.8) is 0 Å². The number of rotatable bonds is 7. The highest BCUT2D eigenvalue weighted by atomic mass is 32.2. The number of fused-ring (bicyclic) bond motifs is 2. The highest BCUT2D eigenvalue weighted by Gasteiger charge is 2.18. The van der Waals surface area contributed by atoms with Gasteiger partial charge < -0.3 is 15.4 Å². The largest absolute Gasteiger partial charge is 0.494 e. The first-order valence-corrected chi connectivity index (χ1v) is 12.5. The van der Waals surface area contributed by atoms with E-state index >= 15 is 0 Å². The summed E-state index contributed by atoms with van der Waals surface area (Å²) >= 11 is 0. The van der Waals surface area contributed by atoms with Crippen molar-refractivity contribution in [3.05, 3.63) is 78.6 Å². The van der Waals surface area contributed by atoms with Gasteiger partial charge >= 0.3 is 0 Å². The van der Waals surface area contributed by atoms with E-state index in [2.05, 4.69) is 20.0 Å². The molecule has 5 rings (SSSR count). The highest BCUT2D eigenvalue weighted by Crippen LogP contribution is 2.39. The summed E-state index contributed by atoms with van der Waals surface area (Å²) in [6.45, 7) is 2.15. The van der Waals surface area contributed by atoms with Crippen molar-refractivity contribution in [1.82, 2.24) is 15.0 Å². The first-order chi connectivity index (χ1) is 16.4. The number of aromatic nitrogens is 3. The summed E-state index contributed by atoms with van der Waals surface area (Å²) in [5.41, 5.74) is 4.82. The van der Waals surface area contributed by atoms with E-state index in [9.17, 15) is 13.5 Å². The number of para-hydroxylation sites is 1. The van der Waals surface area contributed by atoms with Crippen LogP contribution in [0.1, 0.15) is 12.5 Å². The SMILES string of the molecule is CCS(=O)(=O)Nc1ccc2[nH]c(O)c(-c3cc(NCc4cccnc4)c4ccccc4n3)c2c1. The molecule has 0 fully saturated rings. The molecule has 34 heavy (non-hydrogen) atoms. The second-order valence-corrected chi connectivity index (χ2v) is 9.91. The maximum absolute atomic E-state index is 12.1. The summed E-state index contributed by atoms with van der Waals surface area (Å²) in [4.78, 5) is 11.9. The van der Waals surface area contributed by atoms with Gasteiger partial charge in [-0.1, -0.05) is 24.3 Å². The van der Waals surface area contributed by atoms with E-state index < -0.39 is 10.0 Å². The molecular weight excluding hydrogens is 450 g/mol.